The van der Waals surface area contributed by atoms with Gasteiger partial charge >= 0.3 is 0 Å². The van der Waals surface area contributed by atoms with Crippen LogP contribution < -0.4 is 0 Å². The summed E-state index contributed by atoms with van der Waals surface area (Å²) in [6, 6.07) is 0. The van der Waals surface area contributed by atoms with E-state index in [4.69, 9.17) is 0 Å². The molecule has 0 rings (SSSR count). The third kappa shape index (κ3) is 4.09. The largest absolute Gasteiger partial charge is 0.366 e. The van der Waals surface area contributed by atoms with Gasteiger partial charge in [0.05, 0.1) is 5.88 Å². The summed E-state index contributed by atoms with van der Waals surface area (Å²) in [4.78, 5) is 12.7. The van der Waals surface area contributed by atoms with Crippen LogP contribution in [0.5, 0.6) is 0 Å². The molecular formula is C8H15NOS. The van der Waals surface area contributed by atoms with E-state index in [9.17, 15) is 4.79 Å². The Labute approximate surface area is 73.7 Å². The highest BCUT2D eigenvalue weighted by Crippen LogP contribution is 2.03. The lowest BCUT2D eigenvalue weighted by molar-refractivity contribution is -0.112. The molecule has 3 heteroatoms. The van der Waals surface area contributed by atoms with Crippen molar-refractivity contribution in [2.24, 2.45) is 0 Å². The average molecular weight is 173 g/mol. The number of nitrogens with zero attached hydrogens (tertiary/aromatic N) is 1. The van der Waals surface area contributed by atoms with Gasteiger partial charge < -0.3 is 4.90 Å². The Morgan fingerprint density at radius 1 is 1.55 bits per heavy atom. The van der Waals surface area contributed by atoms with Gasteiger partial charge in [-0.1, -0.05) is 0 Å². The molecule has 0 aromatic heterocycles. The van der Waals surface area contributed by atoms with Gasteiger partial charge in [0.25, 0.3) is 0 Å². The maximum absolute atomic E-state index is 10.7. The van der Waals surface area contributed by atoms with Gasteiger partial charge in [0.2, 0.25) is 0 Å². The van der Waals surface area contributed by atoms with Crippen LogP contribution in [0, 0.1) is 0 Å². The van der Waals surface area contributed by atoms with Crippen molar-refractivity contribution < 1.29 is 4.79 Å². The van der Waals surface area contributed by atoms with Crippen LogP contribution in [-0.2, 0) is 4.79 Å². The fraction of sp³-hybridized carbons (Fsp3) is 0.625. The molecule has 11 heavy (non-hydrogen) atoms. The van der Waals surface area contributed by atoms with E-state index in [0.29, 0.717) is 5.88 Å². The van der Waals surface area contributed by atoms with E-state index >= 15 is 0 Å². The quantitative estimate of drug-likeness (QED) is 0.396. The first-order valence-corrected chi connectivity index (χ1v) is 4.29. The van der Waals surface area contributed by atoms with E-state index in [1.54, 1.807) is 13.0 Å². The molecule has 0 aliphatic rings. The Morgan fingerprint density at radius 2 is 2.09 bits per heavy atom. The summed E-state index contributed by atoms with van der Waals surface area (Å²) >= 11 is 4.13. The molecule has 0 aliphatic carbocycles. The lowest BCUT2D eigenvalue weighted by Gasteiger charge is -2.20. The van der Waals surface area contributed by atoms with Crippen LogP contribution in [0.1, 0.15) is 20.8 Å². The van der Waals surface area contributed by atoms with Crippen molar-refractivity contribution in [3.05, 3.63) is 11.8 Å². The molecule has 0 atom stereocenters. The predicted molar refractivity (Wildman–Crippen MR) is 50.7 cm³/mol. The summed E-state index contributed by atoms with van der Waals surface area (Å²) in [5.74, 6) is 0.745. The predicted octanol–water partition coefficient (Wildman–Crippen LogP) is 1.69. The number of hydrogen-bond acceptors (Lipinski definition) is 3. The minimum atomic E-state index is 0.0859. The third-order valence-electron chi connectivity index (χ3n) is 1.46. The highest BCUT2D eigenvalue weighted by atomic mass is 32.1. The topological polar surface area (TPSA) is 20.3 Å². The van der Waals surface area contributed by atoms with Gasteiger partial charge in [-0.3, -0.25) is 4.79 Å². The molecule has 0 amide bonds. The summed E-state index contributed by atoms with van der Waals surface area (Å²) in [6.07, 6.45) is 1.62. The van der Waals surface area contributed by atoms with E-state index in [0.717, 1.165) is 12.2 Å². The number of carbonyl (C=O) groups is 1. The molecule has 0 saturated carbocycles. The molecule has 0 fully saturated rings. The van der Waals surface area contributed by atoms with E-state index in [1.165, 1.54) is 0 Å². The number of ketones is 1. The molecule has 0 N–H and O–H groups in total. The lowest BCUT2D eigenvalue weighted by atomic mass is 10.3. The average Bonchev–Trinajstić information content (AvgIpc) is 1.88. The van der Waals surface area contributed by atoms with Crippen LogP contribution in [-0.4, -0.2) is 23.1 Å². The maximum atomic E-state index is 10.7. The van der Waals surface area contributed by atoms with Gasteiger partial charge in [0.15, 0.2) is 5.78 Å². The monoisotopic (exact) mass is 173 g/mol. The zero-order valence-corrected chi connectivity index (χ0v) is 8.19. The number of allylic oxidation sites excluding steroid dienone is 2. The second kappa shape index (κ2) is 5.24. The fourth-order valence-corrected chi connectivity index (χ4v) is 1.27. The smallest absolute Gasteiger partial charge is 0.154 e. The number of carbonyl (C=O) groups excluding carboxylic acids is 1. The highest BCUT2D eigenvalue weighted by molar-refractivity contribution is 7.80. The Balaban J connectivity index is 4.18. The van der Waals surface area contributed by atoms with Crippen LogP contribution in [0.25, 0.3) is 0 Å². The van der Waals surface area contributed by atoms with Gasteiger partial charge in [-0.2, -0.15) is 12.6 Å². The molecule has 0 saturated heterocycles. The van der Waals surface area contributed by atoms with Crippen LogP contribution in [0.2, 0.25) is 0 Å². The Morgan fingerprint density at radius 3 is 2.36 bits per heavy atom. The Kier molecular flexibility index (Phi) is 5.03. The van der Waals surface area contributed by atoms with Gasteiger partial charge in [-0.05, 0) is 26.8 Å². The van der Waals surface area contributed by atoms with Gasteiger partial charge in [-0.25, -0.2) is 0 Å². The second-order valence-corrected chi connectivity index (χ2v) is 2.68. The minimum Gasteiger partial charge on any atom is -0.366 e. The van der Waals surface area contributed by atoms with E-state index < -0.39 is 0 Å². The molecule has 0 radical (unpaired) electrons. The molecule has 0 spiro atoms. The standard InChI is InChI=1S/C8H15NOS/c1-4-9(6-11)7(2)5-8(3)10/h5,11H,4,6H2,1-3H3/b7-5-. The van der Waals surface area contributed by atoms with Gasteiger partial charge in [0, 0.05) is 12.2 Å². The van der Waals surface area contributed by atoms with Gasteiger partial charge in [0.1, 0.15) is 0 Å². The summed E-state index contributed by atoms with van der Waals surface area (Å²) in [5, 5.41) is 0. The minimum absolute atomic E-state index is 0.0859. The number of thiol groups is 1. The van der Waals surface area contributed by atoms with E-state index in [-0.39, 0.29) is 5.78 Å². The van der Waals surface area contributed by atoms with E-state index in [1.807, 2.05) is 18.7 Å². The molecule has 0 heterocycles. The van der Waals surface area contributed by atoms with Crippen molar-refractivity contribution in [1.29, 1.82) is 0 Å². The molecule has 0 bridgehead atoms. The molecular weight excluding hydrogens is 158 g/mol. The normalized spacial score (nSPS) is 11.5. The molecule has 0 aromatic rings. The maximum Gasteiger partial charge on any atom is 0.154 e. The van der Waals surface area contributed by atoms with Crippen molar-refractivity contribution in [2.75, 3.05) is 12.4 Å². The zero-order valence-electron chi connectivity index (χ0n) is 7.29. The number of rotatable bonds is 4. The van der Waals surface area contributed by atoms with Crippen LogP contribution in [0.4, 0.5) is 0 Å². The summed E-state index contributed by atoms with van der Waals surface area (Å²) in [7, 11) is 0. The fourth-order valence-electron chi connectivity index (χ4n) is 0.846. The van der Waals surface area contributed by atoms with Gasteiger partial charge in [-0.15, -0.1) is 0 Å². The van der Waals surface area contributed by atoms with Crippen molar-refractivity contribution in [3.8, 4) is 0 Å². The first-order valence-electron chi connectivity index (χ1n) is 3.66. The van der Waals surface area contributed by atoms with Crippen LogP contribution in [0.15, 0.2) is 11.8 Å². The second-order valence-electron chi connectivity index (χ2n) is 2.39. The lowest BCUT2D eigenvalue weighted by Crippen LogP contribution is -2.19. The molecule has 0 unspecified atom stereocenters. The van der Waals surface area contributed by atoms with Crippen molar-refractivity contribution in [1.82, 2.24) is 4.90 Å². The highest BCUT2D eigenvalue weighted by Gasteiger charge is 1.99. The first kappa shape index (κ1) is 10.6. The van der Waals surface area contributed by atoms with Crippen molar-refractivity contribution in [3.63, 3.8) is 0 Å². The SMILES string of the molecule is CCN(CS)/C(C)=C\C(C)=O. The van der Waals surface area contributed by atoms with Crippen molar-refractivity contribution in [2.45, 2.75) is 20.8 Å². The third-order valence-corrected chi connectivity index (χ3v) is 1.80. The first-order chi connectivity index (χ1) is 5.11. The molecule has 0 aromatic carbocycles. The summed E-state index contributed by atoms with van der Waals surface area (Å²) < 4.78 is 0. The Hall–Kier alpha value is -0.440. The van der Waals surface area contributed by atoms with Crippen molar-refractivity contribution >= 4 is 18.4 Å². The zero-order chi connectivity index (χ0) is 8.85. The molecule has 2 nitrogen and oxygen atoms in total. The van der Waals surface area contributed by atoms with E-state index in [2.05, 4.69) is 12.6 Å². The van der Waals surface area contributed by atoms with Crippen LogP contribution >= 0.6 is 12.6 Å². The molecule has 0 aliphatic heterocycles. The Bertz CT molecular complexity index is 161. The molecule has 64 valence electrons. The summed E-state index contributed by atoms with van der Waals surface area (Å²) in [6.45, 7) is 6.39. The summed E-state index contributed by atoms with van der Waals surface area (Å²) in [5.41, 5.74) is 0.981. The van der Waals surface area contributed by atoms with Crippen LogP contribution in [0.3, 0.4) is 0 Å². The number of hydrogen-bond donors (Lipinski definition) is 1.